The molecule has 0 fully saturated rings. The minimum atomic E-state index is -0.118. The first-order valence-corrected chi connectivity index (χ1v) is 21.5. The second-order valence-electron chi connectivity index (χ2n) is 17.8. The molecule has 3 aromatic heterocycles. The third kappa shape index (κ3) is 4.11. The molecule has 0 N–H and O–H groups in total. The van der Waals surface area contributed by atoms with Crippen molar-refractivity contribution in [3.8, 4) is 28.3 Å². The Morgan fingerprint density at radius 3 is 1.77 bits per heavy atom. The topological polar surface area (TPSA) is 18.0 Å². The Morgan fingerprint density at radius 2 is 1.07 bits per heavy atom. The molecule has 286 valence electrons. The van der Waals surface area contributed by atoms with Crippen molar-refractivity contribution in [1.82, 2.24) is 13.7 Å². The maximum absolute atomic E-state index is 2.66. The molecule has 0 saturated carbocycles. The monoisotopic (exact) mass is 778 g/mol. The van der Waals surface area contributed by atoms with Gasteiger partial charge in [-0.25, -0.2) is 0 Å². The molecule has 0 bridgehead atoms. The average Bonchev–Trinajstić information content (AvgIpc) is 4.00. The Kier molecular flexibility index (Phi) is 6.35. The molecule has 2 aliphatic heterocycles. The molecule has 0 unspecified atom stereocenters. The summed E-state index contributed by atoms with van der Waals surface area (Å²) in [6, 6.07) is 67.7. The molecular weight excluding hydrogens is 739 g/mol. The summed E-state index contributed by atoms with van der Waals surface area (Å²) >= 11 is 0. The molecule has 0 saturated heterocycles. The quantitative estimate of drug-likeness (QED) is 0.163. The zero-order valence-corrected chi connectivity index (χ0v) is 34.2. The average molecular weight is 779 g/mol. The van der Waals surface area contributed by atoms with E-state index >= 15 is 0 Å². The van der Waals surface area contributed by atoms with Crippen molar-refractivity contribution in [2.45, 2.75) is 26.2 Å². The fourth-order valence-electron chi connectivity index (χ4n) is 11.9. The SMILES string of the molecule is Cc1cc2c3c(c1)-n1c4c(cccc4c4c1c1ccc(N(c5ccccc5)c5ccccc5)cc1n4-c1ccccc1)B3c1cccc3c4c(n-2c13)-c1ccccc1C4(C)C. The van der Waals surface area contributed by atoms with Crippen LogP contribution in [0.1, 0.15) is 30.5 Å². The van der Waals surface area contributed by atoms with Gasteiger partial charge in [0, 0.05) is 66.8 Å². The van der Waals surface area contributed by atoms with Gasteiger partial charge in [0.25, 0.3) is 6.71 Å². The summed E-state index contributed by atoms with van der Waals surface area (Å²) in [5, 5.41) is 3.88. The molecule has 8 aromatic carbocycles. The summed E-state index contributed by atoms with van der Waals surface area (Å²) in [5.74, 6) is 0. The highest BCUT2D eigenvalue weighted by Crippen LogP contribution is 2.54. The molecule has 0 amide bonds. The van der Waals surface area contributed by atoms with E-state index in [1.165, 1.54) is 99.5 Å². The maximum atomic E-state index is 2.66. The van der Waals surface area contributed by atoms with Gasteiger partial charge >= 0.3 is 0 Å². The highest BCUT2D eigenvalue weighted by atomic mass is 15.1. The molecule has 0 atom stereocenters. The molecule has 11 aromatic rings. The van der Waals surface area contributed by atoms with Gasteiger partial charge in [0.1, 0.15) is 0 Å². The lowest BCUT2D eigenvalue weighted by atomic mass is 9.34. The van der Waals surface area contributed by atoms with Gasteiger partial charge < -0.3 is 18.6 Å². The number of benzene rings is 8. The van der Waals surface area contributed by atoms with E-state index in [4.69, 9.17) is 0 Å². The van der Waals surface area contributed by atoms with E-state index in [9.17, 15) is 0 Å². The summed E-state index contributed by atoms with van der Waals surface area (Å²) in [7, 11) is 0. The van der Waals surface area contributed by atoms with E-state index in [0.717, 1.165) is 22.7 Å². The second kappa shape index (κ2) is 11.6. The number of fused-ring (bicyclic) bond motifs is 14. The largest absolute Gasteiger partial charge is 0.310 e. The lowest BCUT2D eigenvalue weighted by molar-refractivity contribution is 0.666. The van der Waals surface area contributed by atoms with Crippen LogP contribution >= 0.6 is 0 Å². The van der Waals surface area contributed by atoms with E-state index in [0.29, 0.717) is 0 Å². The van der Waals surface area contributed by atoms with Gasteiger partial charge in [-0.3, -0.25) is 0 Å². The number of rotatable bonds is 4. The van der Waals surface area contributed by atoms with Gasteiger partial charge in [0.2, 0.25) is 0 Å². The maximum Gasteiger partial charge on any atom is 0.252 e. The summed E-state index contributed by atoms with van der Waals surface area (Å²) in [4.78, 5) is 2.37. The third-order valence-electron chi connectivity index (χ3n) is 14.2. The zero-order valence-electron chi connectivity index (χ0n) is 34.2. The van der Waals surface area contributed by atoms with Crippen LogP contribution < -0.4 is 21.3 Å². The van der Waals surface area contributed by atoms with Gasteiger partial charge in [-0.15, -0.1) is 0 Å². The van der Waals surface area contributed by atoms with Crippen LogP contribution in [-0.4, -0.2) is 20.4 Å². The predicted octanol–water partition coefficient (Wildman–Crippen LogP) is 11.9. The van der Waals surface area contributed by atoms with Crippen LogP contribution in [0.3, 0.4) is 0 Å². The first-order valence-electron chi connectivity index (χ1n) is 21.5. The predicted molar refractivity (Wildman–Crippen MR) is 256 cm³/mol. The standard InChI is InChI=1S/C56H39BN4/c1-34-31-47-50-48(32-34)61-52-42(25-16-28-45(52)57(50)44-27-15-24-41-49-53(60(47)51(41)44)39-23-13-14-26-43(39)56(49,2)3)55-54(61)40-30-29-38(33-46(40)59(55)37-21-11-6-12-22-37)58(35-17-7-4-8-18-35)36-19-9-5-10-20-36/h4-33H,1-3H3. The zero-order chi connectivity index (χ0) is 40.3. The number of aromatic nitrogens is 3. The number of anilines is 3. The molecule has 5 heteroatoms. The van der Waals surface area contributed by atoms with Crippen molar-refractivity contribution in [3.05, 3.63) is 199 Å². The van der Waals surface area contributed by atoms with Gasteiger partial charge in [-0.05, 0) is 107 Å². The lowest BCUT2D eigenvalue weighted by Crippen LogP contribution is -2.59. The van der Waals surface area contributed by atoms with Gasteiger partial charge in [-0.1, -0.05) is 129 Å². The molecule has 3 aliphatic rings. The Balaban J connectivity index is 1.12. The molecule has 1 aliphatic carbocycles. The van der Waals surface area contributed by atoms with E-state index < -0.39 is 0 Å². The molecule has 0 spiro atoms. The van der Waals surface area contributed by atoms with Crippen LogP contribution in [0.4, 0.5) is 17.1 Å². The first kappa shape index (κ1) is 33.3. The van der Waals surface area contributed by atoms with Crippen LogP contribution in [0, 0.1) is 6.92 Å². The molecule has 5 heterocycles. The Morgan fingerprint density at radius 1 is 0.475 bits per heavy atom. The third-order valence-corrected chi connectivity index (χ3v) is 14.2. The molecule has 0 radical (unpaired) electrons. The fraction of sp³-hybridized carbons (Fsp3) is 0.0714. The summed E-state index contributed by atoms with van der Waals surface area (Å²) in [6.07, 6.45) is 0. The van der Waals surface area contributed by atoms with Gasteiger partial charge in [0.15, 0.2) is 0 Å². The molecular formula is C56H39BN4. The minimum absolute atomic E-state index is 0.0960. The van der Waals surface area contributed by atoms with Gasteiger partial charge in [-0.2, -0.15) is 0 Å². The van der Waals surface area contributed by atoms with Crippen LogP contribution in [0.2, 0.25) is 0 Å². The summed E-state index contributed by atoms with van der Waals surface area (Å²) < 4.78 is 7.82. The van der Waals surface area contributed by atoms with E-state index in [1.807, 2.05) is 0 Å². The second-order valence-corrected chi connectivity index (χ2v) is 17.8. The Bertz CT molecular complexity index is 3640. The number of hydrogen-bond donors (Lipinski definition) is 0. The van der Waals surface area contributed by atoms with Crippen molar-refractivity contribution in [1.29, 1.82) is 0 Å². The summed E-state index contributed by atoms with van der Waals surface area (Å²) in [6.45, 7) is 7.21. The van der Waals surface area contributed by atoms with Crippen molar-refractivity contribution in [3.63, 3.8) is 0 Å². The normalized spacial score (nSPS) is 13.9. The number of aryl methyl sites for hydroxylation is 1. The highest BCUT2D eigenvalue weighted by molar-refractivity contribution is 7.00. The number of hydrogen-bond acceptors (Lipinski definition) is 1. The van der Waals surface area contributed by atoms with Crippen LogP contribution in [0.15, 0.2) is 182 Å². The molecule has 4 nitrogen and oxygen atoms in total. The smallest absolute Gasteiger partial charge is 0.252 e. The van der Waals surface area contributed by atoms with Crippen molar-refractivity contribution >= 4 is 83.9 Å². The van der Waals surface area contributed by atoms with Crippen LogP contribution in [0.5, 0.6) is 0 Å². The van der Waals surface area contributed by atoms with Crippen LogP contribution in [0.25, 0.3) is 72.1 Å². The van der Waals surface area contributed by atoms with Gasteiger partial charge in [0.05, 0.1) is 27.8 Å². The Hall–Kier alpha value is -7.50. The highest BCUT2D eigenvalue weighted by Gasteiger charge is 2.46. The number of para-hydroxylation sites is 5. The molecule has 61 heavy (non-hydrogen) atoms. The van der Waals surface area contributed by atoms with Crippen molar-refractivity contribution < 1.29 is 0 Å². The van der Waals surface area contributed by atoms with Crippen molar-refractivity contribution in [2.75, 3.05) is 4.90 Å². The lowest BCUT2D eigenvalue weighted by Gasteiger charge is -2.34. The van der Waals surface area contributed by atoms with Crippen LogP contribution in [-0.2, 0) is 5.41 Å². The first-order chi connectivity index (χ1) is 30.0. The minimum Gasteiger partial charge on any atom is -0.310 e. The summed E-state index contributed by atoms with van der Waals surface area (Å²) in [5.41, 5.74) is 24.3. The van der Waals surface area contributed by atoms with E-state index in [2.05, 4.69) is 221 Å². The van der Waals surface area contributed by atoms with E-state index in [1.54, 1.807) is 0 Å². The van der Waals surface area contributed by atoms with E-state index in [-0.39, 0.29) is 12.1 Å². The molecule has 14 rings (SSSR count). The fourth-order valence-corrected chi connectivity index (χ4v) is 11.9. The number of nitrogens with zero attached hydrogens (tertiary/aromatic N) is 4. The Labute approximate surface area is 354 Å². The van der Waals surface area contributed by atoms with Crippen molar-refractivity contribution in [2.24, 2.45) is 0 Å².